The van der Waals surface area contributed by atoms with Crippen LogP contribution in [-0.4, -0.2) is 211 Å². The molecule has 13 atom stereocenters. The normalized spacial score (nSPS) is 18.1. The number of nitrogens with two attached hydrogens (primary N) is 2. The minimum absolute atomic E-state index is 0. The molecule has 27 heteroatoms. The van der Waals surface area contributed by atoms with E-state index in [4.69, 9.17) is 93.2 Å². The quantitative estimate of drug-likeness (QED) is 0.0400. The summed E-state index contributed by atoms with van der Waals surface area (Å²) in [7, 11) is 0. The molecule has 0 spiro atoms. The van der Waals surface area contributed by atoms with E-state index in [-0.39, 0.29) is 29.5 Å². The van der Waals surface area contributed by atoms with Crippen molar-refractivity contribution in [2.24, 2.45) is 11.5 Å². The maximum absolute atomic E-state index is 10.1. The van der Waals surface area contributed by atoms with E-state index in [1.54, 1.807) is 0 Å². The Bertz CT molecular complexity index is 825. The molecule has 0 amide bonds. The van der Waals surface area contributed by atoms with Gasteiger partial charge in [0.1, 0.15) is 79.3 Å². The van der Waals surface area contributed by atoms with Crippen molar-refractivity contribution in [2.75, 3.05) is 26.4 Å². The zero-order chi connectivity index (χ0) is 39.8. The van der Waals surface area contributed by atoms with Crippen molar-refractivity contribution < 1.29 is 133 Å². The minimum Gasteiger partial charge on any atom is -0.547 e. The van der Waals surface area contributed by atoms with E-state index < -0.39 is 123 Å². The summed E-state index contributed by atoms with van der Waals surface area (Å²) in [4.78, 5) is 40.1. The van der Waals surface area contributed by atoms with Gasteiger partial charge in [-0.25, -0.2) is 0 Å². The molecule has 0 saturated carbocycles. The van der Waals surface area contributed by atoms with Gasteiger partial charge in [0.05, 0.1) is 37.7 Å². The summed E-state index contributed by atoms with van der Waals surface area (Å²) >= 11 is 0. The monoisotopic (exact) mass is 823 g/mol. The van der Waals surface area contributed by atoms with Gasteiger partial charge in [-0.1, -0.05) is 6.42 Å². The number of hydrogen-bond donors (Lipinski definition) is 18. The number of aliphatic hydroxyl groups is 15. The zero-order valence-corrected chi connectivity index (χ0v) is 28.3. The molecule has 0 bridgehead atoms. The molecule has 20 N–H and O–H groups in total. The molecule has 0 rings (SSSR count). The largest absolute Gasteiger partial charge is 3.00 e. The van der Waals surface area contributed by atoms with Crippen LogP contribution in [0.1, 0.15) is 19.3 Å². The van der Waals surface area contributed by atoms with Crippen LogP contribution in [-0.2, 0) is 36.2 Å². The Morgan fingerprint density at radius 2 is 0.745 bits per heavy atom. The second-order valence-electron chi connectivity index (χ2n) is 9.71. The Kier molecular flexibility index (Phi) is 40.5. The minimum atomic E-state index is -2.31. The maximum atomic E-state index is 10.1. The molecule has 0 aromatic heterocycles. The third kappa shape index (κ3) is 27.3. The molecule has 307 valence electrons. The second-order valence-corrected chi connectivity index (χ2v) is 9.71. The van der Waals surface area contributed by atoms with E-state index in [1.807, 2.05) is 0 Å². The van der Waals surface area contributed by atoms with Gasteiger partial charge in [0.15, 0.2) is 0 Å². The molecule has 0 saturated heterocycles. The summed E-state index contributed by atoms with van der Waals surface area (Å²) < 4.78 is 0. The fourth-order valence-corrected chi connectivity index (χ4v) is 2.62. The zero-order valence-electron chi connectivity index (χ0n) is 26.4. The van der Waals surface area contributed by atoms with Gasteiger partial charge in [-0.2, -0.15) is 0 Å². The molecule has 25 nitrogen and oxygen atoms in total. The Morgan fingerprint density at radius 1 is 0.510 bits per heavy atom. The first-order valence-corrected chi connectivity index (χ1v) is 13.7. The van der Waals surface area contributed by atoms with E-state index in [0.717, 1.165) is 12.8 Å². The van der Waals surface area contributed by atoms with Gasteiger partial charge in [0.25, 0.3) is 0 Å². The molecule has 0 aromatic rings. The van der Waals surface area contributed by atoms with Crippen LogP contribution in [0.4, 0.5) is 0 Å². The first-order valence-electron chi connectivity index (χ1n) is 13.7. The Hall–Kier alpha value is -1.99. The standard InChI is InChI=1S/C6H14N2O2.3C6H12O7.ClH.Fe/c7-4-2-1-3-5(8)6(9)10;3*7-1-2(8)3(9)4(10)5(11)6(12)13;;/h5H,1-4,7-8H2,(H,9,10);3*2-5,7-11H,1H2,(H,12,13);1H;/q;;;;;+3/p-3/t5-;3*2-,3-,4+,5-;;/m0111../s1. The summed E-state index contributed by atoms with van der Waals surface area (Å²) in [6.07, 6.45) is -22.1. The Morgan fingerprint density at radius 3 is 0.902 bits per heavy atom. The summed E-state index contributed by atoms with van der Waals surface area (Å²) in [6.45, 7) is -1.99. The molecule has 0 fully saturated rings. The molecule has 0 aliphatic carbocycles. The number of carbonyl (C=O) groups is 4. The number of aliphatic hydroxyl groups excluding tert-OH is 15. The third-order valence-corrected chi connectivity index (χ3v) is 5.77. The predicted octanol–water partition coefficient (Wildman–Crippen LogP) is -14.5. The average molecular weight is 824 g/mol. The molecule has 1 radical (unpaired) electrons. The van der Waals surface area contributed by atoms with Crippen LogP contribution in [0.15, 0.2) is 0 Å². The Balaban J connectivity index is -0.000000131. The molecule has 0 aliphatic rings. The molecule has 0 aliphatic heterocycles. The van der Waals surface area contributed by atoms with E-state index >= 15 is 0 Å². The van der Waals surface area contributed by atoms with Crippen molar-refractivity contribution in [3.63, 3.8) is 0 Å². The molecule has 51 heavy (non-hydrogen) atoms. The number of carboxylic acids is 4. The number of carboxylic acid groups (broad SMARTS) is 4. The number of carbonyl (C=O) groups excluding carboxylic acids is 3. The van der Waals surface area contributed by atoms with Crippen LogP contribution < -0.4 is 26.8 Å². The van der Waals surface area contributed by atoms with Gasteiger partial charge in [-0.3, -0.25) is 4.79 Å². The molecular weight excluding hydrogens is 776 g/mol. The van der Waals surface area contributed by atoms with Crippen LogP contribution in [0.2, 0.25) is 0 Å². The van der Waals surface area contributed by atoms with Gasteiger partial charge in [0.2, 0.25) is 0 Å². The topological polar surface area (TPSA) is 513 Å². The number of halogens is 1. The van der Waals surface area contributed by atoms with Gasteiger partial charge in [-0.05, 0) is 19.4 Å². The van der Waals surface area contributed by atoms with Gasteiger partial charge < -0.3 is 123 Å². The van der Waals surface area contributed by atoms with E-state index in [0.29, 0.717) is 13.0 Å². The average Bonchev–Trinajstić information content (AvgIpc) is 3.07. The molecule has 0 aromatic carbocycles. The fraction of sp³-hybridized carbons (Fsp3) is 0.833. The van der Waals surface area contributed by atoms with Gasteiger partial charge >= 0.3 is 23.0 Å². The fourth-order valence-electron chi connectivity index (χ4n) is 2.62. The van der Waals surface area contributed by atoms with Gasteiger partial charge in [0, 0.05) is 0 Å². The van der Waals surface area contributed by atoms with E-state index in [1.165, 1.54) is 0 Å². The second kappa shape index (κ2) is 33.8. The smallest absolute Gasteiger partial charge is 0.547 e. The Labute approximate surface area is 305 Å². The molecule has 0 unspecified atom stereocenters. The number of rotatable bonds is 20. The SMILES string of the molecule is Cl.NCCCC[C@H](N)C(=O)O.O=C([O-])[C@H](O)[C@@H](O)[C@H](O)[C@H](O)CO.O=C([O-])[C@H](O)[C@@H](O)[C@H](O)[C@H](O)CO.O=C([O-])[C@H](O)[C@@H](O)[C@H](O)[C@H](O)CO.[Fe+3]. The van der Waals surface area contributed by atoms with Gasteiger partial charge in [-0.15, -0.1) is 12.4 Å². The molecular formula is C24H48ClFeN2O23. The summed E-state index contributed by atoms with van der Waals surface area (Å²) in [5.74, 6) is -6.86. The van der Waals surface area contributed by atoms with E-state index in [2.05, 4.69) is 0 Å². The predicted molar refractivity (Wildman–Crippen MR) is 154 cm³/mol. The number of hydrogen-bond acceptors (Lipinski definition) is 24. The summed E-state index contributed by atoms with van der Waals surface area (Å²) in [5.41, 5.74) is 10.4. The van der Waals surface area contributed by atoms with Crippen molar-refractivity contribution in [3.8, 4) is 0 Å². The first kappa shape index (κ1) is 61.1. The van der Waals surface area contributed by atoms with Crippen molar-refractivity contribution in [2.45, 2.75) is 98.6 Å². The van der Waals surface area contributed by atoms with Crippen molar-refractivity contribution in [1.29, 1.82) is 0 Å². The van der Waals surface area contributed by atoms with Crippen molar-refractivity contribution in [3.05, 3.63) is 0 Å². The van der Waals surface area contributed by atoms with Crippen LogP contribution >= 0.6 is 12.4 Å². The number of aliphatic carboxylic acids is 4. The van der Waals surface area contributed by atoms with Crippen LogP contribution in [0.3, 0.4) is 0 Å². The van der Waals surface area contributed by atoms with Crippen LogP contribution in [0, 0.1) is 0 Å². The first-order chi connectivity index (χ1) is 22.4. The van der Waals surface area contributed by atoms with Crippen molar-refractivity contribution >= 4 is 36.3 Å². The third-order valence-electron chi connectivity index (χ3n) is 5.77. The van der Waals surface area contributed by atoms with Crippen LogP contribution in [0.25, 0.3) is 0 Å². The van der Waals surface area contributed by atoms with Crippen LogP contribution in [0.5, 0.6) is 0 Å². The summed E-state index contributed by atoms with van der Waals surface area (Å²) in [5, 5.41) is 169. The van der Waals surface area contributed by atoms with Crippen molar-refractivity contribution in [1.82, 2.24) is 0 Å². The molecule has 0 heterocycles. The maximum Gasteiger partial charge on any atom is 3.00 e. The summed E-state index contributed by atoms with van der Waals surface area (Å²) in [6, 6.07) is -0.716. The number of unbranched alkanes of at least 4 members (excludes halogenated alkanes) is 1. The van der Waals surface area contributed by atoms with E-state index in [9.17, 15) is 34.5 Å².